The van der Waals surface area contributed by atoms with Crippen molar-refractivity contribution in [3.05, 3.63) is 23.9 Å². The Morgan fingerprint density at radius 1 is 1.65 bits per heavy atom. The average molecular weight is 299 g/mol. The number of halogens is 1. The predicted molar refractivity (Wildman–Crippen MR) is 68.6 cm³/mol. The summed E-state index contributed by atoms with van der Waals surface area (Å²) in [6.45, 7) is 1.55. The molecular formula is C12H15BrN2O2. The summed E-state index contributed by atoms with van der Waals surface area (Å²) in [4.78, 5) is 18.6. The van der Waals surface area contributed by atoms with Crippen molar-refractivity contribution >= 4 is 21.8 Å². The fourth-order valence-corrected chi connectivity index (χ4v) is 2.67. The van der Waals surface area contributed by atoms with Crippen molar-refractivity contribution < 1.29 is 9.53 Å². The minimum atomic E-state index is -0.000833. The number of methoxy groups -OCH3 is 1. The molecule has 1 aromatic heterocycles. The fraction of sp³-hybridized carbons (Fsp3) is 0.500. The monoisotopic (exact) mass is 298 g/mol. The zero-order valence-corrected chi connectivity index (χ0v) is 11.3. The molecule has 0 radical (unpaired) electrons. The van der Waals surface area contributed by atoms with Crippen LogP contribution in [-0.4, -0.2) is 40.8 Å². The van der Waals surface area contributed by atoms with Crippen LogP contribution >= 0.6 is 15.9 Å². The highest BCUT2D eigenvalue weighted by Gasteiger charge is 2.25. The second-order valence-electron chi connectivity index (χ2n) is 4.05. The van der Waals surface area contributed by atoms with E-state index in [1.54, 1.807) is 18.3 Å². The summed E-state index contributed by atoms with van der Waals surface area (Å²) in [6.07, 6.45) is 3.78. The SMILES string of the molecule is COc1ncccc1C(=O)N1CCCC(Br)C1. The summed E-state index contributed by atoms with van der Waals surface area (Å²) in [5.74, 6) is 0.397. The van der Waals surface area contributed by atoms with E-state index in [1.165, 1.54) is 7.11 Å². The van der Waals surface area contributed by atoms with E-state index in [0.717, 1.165) is 25.9 Å². The second kappa shape index (κ2) is 5.49. The van der Waals surface area contributed by atoms with E-state index in [2.05, 4.69) is 20.9 Å². The maximum Gasteiger partial charge on any atom is 0.259 e. The predicted octanol–water partition coefficient (Wildman–Crippen LogP) is 2.09. The number of hydrogen-bond acceptors (Lipinski definition) is 3. The summed E-state index contributed by atoms with van der Waals surface area (Å²) in [6, 6.07) is 3.51. The zero-order valence-electron chi connectivity index (χ0n) is 9.73. The first-order valence-electron chi connectivity index (χ1n) is 5.64. The van der Waals surface area contributed by atoms with Crippen molar-refractivity contribution in [3.63, 3.8) is 0 Å². The van der Waals surface area contributed by atoms with Crippen LogP contribution in [0.15, 0.2) is 18.3 Å². The van der Waals surface area contributed by atoms with Gasteiger partial charge in [0.25, 0.3) is 5.91 Å². The summed E-state index contributed by atoms with van der Waals surface area (Å²) in [7, 11) is 1.53. The van der Waals surface area contributed by atoms with Gasteiger partial charge in [-0.2, -0.15) is 0 Å². The van der Waals surface area contributed by atoms with E-state index in [0.29, 0.717) is 16.3 Å². The molecule has 1 atom stereocenters. The number of pyridine rings is 1. The number of likely N-dealkylation sites (tertiary alicyclic amines) is 1. The Kier molecular flexibility index (Phi) is 3.99. The summed E-state index contributed by atoms with van der Waals surface area (Å²) >= 11 is 3.56. The molecule has 92 valence electrons. The average Bonchev–Trinajstić information content (AvgIpc) is 2.38. The van der Waals surface area contributed by atoms with Gasteiger partial charge in [0.05, 0.1) is 7.11 Å². The normalized spacial score (nSPS) is 20.1. The van der Waals surface area contributed by atoms with E-state index in [1.807, 2.05) is 4.90 Å². The van der Waals surface area contributed by atoms with Gasteiger partial charge in [0.2, 0.25) is 5.88 Å². The molecule has 1 aliphatic rings. The van der Waals surface area contributed by atoms with Crippen LogP contribution in [0.4, 0.5) is 0 Å². The molecule has 2 rings (SSSR count). The molecule has 0 bridgehead atoms. The van der Waals surface area contributed by atoms with Gasteiger partial charge in [0.15, 0.2) is 0 Å². The minimum absolute atomic E-state index is 0.000833. The number of ether oxygens (including phenoxy) is 1. The van der Waals surface area contributed by atoms with Crippen LogP contribution in [0.3, 0.4) is 0 Å². The number of piperidine rings is 1. The molecule has 1 unspecified atom stereocenters. The Balaban J connectivity index is 2.18. The molecule has 2 heterocycles. The van der Waals surface area contributed by atoms with Gasteiger partial charge < -0.3 is 9.64 Å². The first-order chi connectivity index (χ1) is 8.22. The highest BCUT2D eigenvalue weighted by molar-refractivity contribution is 9.09. The molecule has 1 aromatic rings. The Labute approximate surface area is 109 Å². The van der Waals surface area contributed by atoms with Crippen molar-refractivity contribution in [1.82, 2.24) is 9.88 Å². The molecule has 0 aliphatic carbocycles. The van der Waals surface area contributed by atoms with Crippen LogP contribution in [0.2, 0.25) is 0 Å². The number of carbonyl (C=O) groups is 1. The van der Waals surface area contributed by atoms with Crippen LogP contribution < -0.4 is 4.74 Å². The van der Waals surface area contributed by atoms with E-state index in [9.17, 15) is 4.79 Å². The summed E-state index contributed by atoms with van der Waals surface area (Å²) in [5.41, 5.74) is 0.539. The van der Waals surface area contributed by atoms with Gasteiger partial charge in [-0.15, -0.1) is 0 Å². The molecule has 1 aliphatic heterocycles. The lowest BCUT2D eigenvalue weighted by Crippen LogP contribution is -2.40. The van der Waals surface area contributed by atoms with E-state index in [4.69, 9.17) is 4.74 Å². The Bertz CT molecular complexity index is 411. The van der Waals surface area contributed by atoms with E-state index < -0.39 is 0 Å². The lowest BCUT2D eigenvalue weighted by Gasteiger charge is -2.30. The van der Waals surface area contributed by atoms with E-state index in [-0.39, 0.29) is 5.91 Å². The Morgan fingerprint density at radius 3 is 3.18 bits per heavy atom. The van der Waals surface area contributed by atoms with Gasteiger partial charge in [0, 0.05) is 24.1 Å². The van der Waals surface area contributed by atoms with E-state index >= 15 is 0 Å². The van der Waals surface area contributed by atoms with Crippen LogP contribution in [0, 0.1) is 0 Å². The topological polar surface area (TPSA) is 42.4 Å². The van der Waals surface area contributed by atoms with Crippen molar-refractivity contribution in [2.45, 2.75) is 17.7 Å². The molecule has 5 heteroatoms. The molecule has 17 heavy (non-hydrogen) atoms. The smallest absolute Gasteiger partial charge is 0.259 e. The lowest BCUT2D eigenvalue weighted by atomic mass is 10.1. The number of aromatic nitrogens is 1. The number of alkyl halides is 1. The van der Waals surface area contributed by atoms with Gasteiger partial charge in [-0.3, -0.25) is 4.79 Å². The molecular weight excluding hydrogens is 284 g/mol. The molecule has 0 aromatic carbocycles. The van der Waals surface area contributed by atoms with Crippen molar-refractivity contribution in [3.8, 4) is 5.88 Å². The Morgan fingerprint density at radius 2 is 2.47 bits per heavy atom. The third-order valence-corrected chi connectivity index (χ3v) is 3.59. The molecule has 1 saturated heterocycles. The fourth-order valence-electron chi connectivity index (χ4n) is 2.00. The number of nitrogens with zero attached hydrogens (tertiary/aromatic N) is 2. The van der Waals surface area contributed by atoms with Crippen LogP contribution in [-0.2, 0) is 0 Å². The maximum absolute atomic E-state index is 12.3. The van der Waals surface area contributed by atoms with Gasteiger partial charge in [-0.05, 0) is 25.0 Å². The molecule has 0 saturated carbocycles. The molecule has 0 N–H and O–H groups in total. The quantitative estimate of drug-likeness (QED) is 0.785. The maximum atomic E-state index is 12.3. The summed E-state index contributed by atoms with van der Waals surface area (Å²) in [5, 5.41) is 0. The number of carbonyl (C=O) groups excluding carboxylic acids is 1. The number of amides is 1. The lowest BCUT2D eigenvalue weighted by molar-refractivity contribution is 0.0725. The standard InChI is InChI=1S/C12H15BrN2O2/c1-17-11-10(5-2-6-14-11)12(16)15-7-3-4-9(13)8-15/h2,5-6,9H,3-4,7-8H2,1H3. The second-order valence-corrected chi connectivity index (χ2v) is 5.35. The third kappa shape index (κ3) is 2.77. The minimum Gasteiger partial charge on any atom is -0.480 e. The highest BCUT2D eigenvalue weighted by Crippen LogP contribution is 2.21. The van der Waals surface area contributed by atoms with Crippen LogP contribution in [0.5, 0.6) is 5.88 Å². The van der Waals surface area contributed by atoms with Gasteiger partial charge in [-0.1, -0.05) is 15.9 Å². The first-order valence-corrected chi connectivity index (χ1v) is 6.56. The zero-order chi connectivity index (χ0) is 12.3. The number of rotatable bonds is 2. The van der Waals surface area contributed by atoms with Crippen molar-refractivity contribution in [2.75, 3.05) is 20.2 Å². The van der Waals surface area contributed by atoms with Crippen LogP contribution in [0.25, 0.3) is 0 Å². The van der Waals surface area contributed by atoms with Crippen molar-refractivity contribution in [2.24, 2.45) is 0 Å². The molecule has 0 spiro atoms. The first kappa shape index (κ1) is 12.4. The largest absolute Gasteiger partial charge is 0.480 e. The Hall–Kier alpha value is -1.10. The van der Waals surface area contributed by atoms with Crippen molar-refractivity contribution in [1.29, 1.82) is 0 Å². The molecule has 4 nitrogen and oxygen atoms in total. The van der Waals surface area contributed by atoms with Gasteiger partial charge in [0.1, 0.15) is 5.56 Å². The van der Waals surface area contributed by atoms with Crippen LogP contribution in [0.1, 0.15) is 23.2 Å². The van der Waals surface area contributed by atoms with Gasteiger partial charge >= 0.3 is 0 Å². The van der Waals surface area contributed by atoms with Gasteiger partial charge in [-0.25, -0.2) is 4.98 Å². The molecule has 1 amide bonds. The third-order valence-electron chi connectivity index (χ3n) is 2.85. The summed E-state index contributed by atoms with van der Waals surface area (Å²) < 4.78 is 5.11. The molecule has 1 fully saturated rings. The number of hydrogen-bond donors (Lipinski definition) is 0. The highest BCUT2D eigenvalue weighted by atomic mass is 79.9.